The van der Waals surface area contributed by atoms with Gasteiger partial charge in [0.15, 0.2) is 0 Å². The number of carbonyl (C=O) groups excluding carboxylic acids is 1. The molecule has 2 aromatic rings. The number of nitrogens with zero attached hydrogens (tertiary/aromatic N) is 1. The van der Waals surface area contributed by atoms with Gasteiger partial charge in [-0.3, -0.25) is 0 Å². The third-order valence-corrected chi connectivity index (χ3v) is 5.14. The number of phenolic OH excluding ortho intramolecular Hbond substituents is 1. The molecule has 0 aliphatic carbocycles. The van der Waals surface area contributed by atoms with E-state index < -0.39 is 5.97 Å². The number of phenols is 1. The molecule has 0 fully saturated rings. The number of aromatic hydroxyl groups is 1. The lowest BCUT2D eigenvalue weighted by Gasteiger charge is -2.04. The minimum Gasteiger partial charge on any atom is -0.508 e. The van der Waals surface area contributed by atoms with Gasteiger partial charge in [-0.15, -0.1) is 0 Å². The van der Waals surface area contributed by atoms with Gasteiger partial charge in [0.2, 0.25) is 0 Å². The Morgan fingerprint density at radius 3 is 2.64 bits per heavy atom. The molecule has 1 heterocycles. The van der Waals surface area contributed by atoms with Gasteiger partial charge in [-0.05, 0) is 67.8 Å². The molecule has 28 heavy (non-hydrogen) atoms. The number of esters is 1. The molecule has 6 heteroatoms. The van der Waals surface area contributed by atoms with E-state index in [-0.39, 0.29) is 23.7 Å². The Labute approximate surface area is 168 Å². The van der Waals surface area contributed by atoms with Crippen LogP contribution in [-0.4, -0.2) is 27.8 Å². The van der Waals surface area contributed by atoms with Crippen LogP contribution in [0.2, 0.25) is 0 Å². The number of aliphatic hydroxyl groups excluding tert-OH is 1. The molecule has 0 spiro atoms. The minimum absolute atomic E-state index is 0.0649. The first kappa shape index (κ1) is 19.8. The molecule has 1 aliphatic heterocycles. The van der Waals surface area contributed by atoms with Crippen molar-refractivity contribution in [2.24, 2.45) is 4.99 Å². The normalized spacial score (nSPS) is 16.8. The lowest BCUT2D eigenvalue weighted by molar-refractivity contribution is -0.138. The summed E-state index contributed by atoms with van der Waals surface area (Å²) in [4.78, 5) is 17.5. The number of hydrogen-bond acceptors (Lipinski definition) is 6. The average molecular weight is 395 g/mol. The number of hydrogen-bond donors (Lipinski definition) is 2. The minimum atomic E-state index is -0.607. The first-order chi connectivity index (χ1) is 13.4. The Hall–Kier alpha value is -2.99. The second-order valence-corrected chi connectivity index (χ2v) is 7.39. The summed E-state index contributed by atoms with van der Waals surface area (Å²) in [6.07, 6.45) is 1.75. The summed E-state index contributed by atoms with van der Waals surface area (Å²) in [5.41, 5.74) is 3.32. The smallest absolute Gasteiger partial charge is 0.344 e. The molecule has 2 N–H and O–H groups in total. The molecule has 0 amide bonds. The van der Waals surface area contributed by atoms with Crippen LogP contribution in [0, 0.1) is 13.8 Å². The van der Waals surface area contributed by atoms with Crippen molar-refractivity contribution in [3.05, 3.63) is 75.4 Å². The van der Waals surface area contributed by atoms with E-state index in [0.29, 0.717) is 15.6 Å². The zero-order valence-electron chi connectivity index (χ0n) is 15.9. The van der Waals surface area contributed by atoms with Gasteiger partial charge in [-0.2, -0.15) is 0 Å². The summed E-state index contributed by atoms with van der Waals surface area (Å²) in [6, 6.07) is 12.7. The third-order valence-electron chi connectivity index (χ3n) is 4.12. The van der Waals surface area contributed by atoms with Gasteiger partial charge in [0.1, 0.15) is 22.1 Å². The predicted molar refractivity (Wildman–Crippen MR) is 113 cm³/mol. The largest absolute Gasteiger partial charge is 0.508 e. The van der Waals surface area contributed by atoms with Crippen molar-refractivity contribution in [1.82, 2.24) is 0 Å². The zero-order valence-corrected chi connectivity index (χ0v) is 16.7. The van der Waals surface area contributed by atoms with Gasteiger partial charge in [0.25, 0.3) is 0 Å². The maximum Gasteiger partial charge on any atom is 0.344 e. The Balaban J connectivity index is 2.05. The van der Waals surface area contributed by atoms with Crippen molar-refractivity contribution in [1.29, 1.82) is 0 Å². The molecule has 2 aromatic carbocycles. The number of rotatable bonds is 4. The highest BCUT2D eigenvalue weighted by Gasteiger charge is 2.33. The molecule has 5 nitrogen and oxygen atoms in total. The molecule has 3 rings (SSSR count). The third kappa shape index (κ3) is 4.28. The highest BCUT2D eigenvalue weighted by Crippen LogP contribution is 2.40. The number of aliphatic hydroxyl groups is 1. The van der Waals surface area contributed by atoms with E-state index in [9.17, 15) is 15.0 Å². The summed E-state index contributed by atoms with van der Waals surface area (Å²) in [5, 5.41) is 20.8. The van der Waals surface area contributed by atoms with Crippen LogP contribution in [0.4, 0.5) is 5.69 Å². The van der Waals surface area contributed by atoms with Crippen LogP contribution in [0.15, 0.2) is 63.7 Å². The molecular formula is C22H21NO4S. The number of benzene rings is 2. The Morgan fingerprint density at radius 2 is 1.96 bits per heavy atom. The number of thioether (sulfide) groups is 1. The molecule has 0 unspecified atom stereocenters. The topological polar surface area (TPSA) is 79.1 Å². The van der Waals surface area contributed by atoms with E-state index in [4.69, 9.17) is 4.74 Å². The van der Waals surface area contributed by atoms with Gasteiger partial charge < -0.3 is 14.9 Å². The standard InChI is InChI=1S/C22H21NO4S/c1-4-27-22(26)19-20(25)18(12-15-8-9-17(24)14(3)11-15)28-21(19)23-16-7-5-6-13(2)10-16/h5-12,24-25H,4H2,1-3H3. The average Bonchev–Trinajstić information content (AvgIpc) is 2.93. The Kier molecular flexibility index (Phi) is 5.90. The van der Waals surface area contributed by atoms with Crippen LogP contribution in [0.5, 0.6) is 5.75 Å². The molecule has 0 aromatic heterocycles. The molecule has 1 aliphatic rings. The quantitative estimate of drug-likeness (QED) is 0.696. The van der Waals surface area contributed by atoms with Crippen molar-refractivity contribution in [2.45, 2.75) is 20.8 Å². The fourth-order valence-electron chi connectivity index (χ4n) is 2.73. The first-order valence-electron chi connectivity index (χ1n) is 8.84. The number of ether oxygens (including phenoxy) is 1. The molecule has 144 valence electrons. The summed E-state index contributed by atoms with van der Waals surface area (Å²) in [6.45, 7) is 5.67. The monoisotopic (exact) mass is 395 g/mol. The van der Waals surface area contributed by atoms with Crippen molar-refractivity contribution >= 4 is 34.5 Å². The van der Waals surface area contributed by atoms with E-state index in [1.807, 2.05) is 31.2 Å². The van der Waals surface area contributed by atoms with Gasteiger partial charge in [-0.25, -0.2) is 9.79 Å². The van der Waals surface area contributed by atoms with E-state index in [1.165, 1.54) is 11.8 Å². The van der Waals surface area contributed by atoms with E-state index >= 15 is 0 Å². The molecule has 0 bridgehead atoms. The second-order valence-electron chi connectivity index (χ2n) is 6.36. The van der Waals surface area contributed by atoms with Crippen LogP contribution in [0.3, 0.4) is 0 Å². The zero-order chi connectivity index (χ0) is 20.3. The fraction of sp³-hybridized carbons (Fsp3) is 0.182. The lowest BCUT2D eigenvalue weighted by Crippen LogP contribution is -2.12. The van der Waals surface area contributed by atoms with E-state index in [2.05, 4.69) is 4.99 Å². The molecule has 0 radical (unpaired) electrons. The summed E-state index contributed by atoms with van der Waals surface area (Å²) >= 11 is 1.21. The Morgan fingerprint density at radius 1 is 1.18 bits per heavy atom. The fourth-order valence-corrected chi connectivity index (χ4v) is 3.76. The maximum atomic E-state index is 12.4. The SMILES string of the molecule is CCOC(=O)C1=C(O)C(=Cc2ccc(O)c(C)c2)SC1=Nc1cccc(C)c1. The van der Waals surface area contributed by atoms with Crippen molar-refractivity contribution < 1.29 is 19.7 Å². The van der Waals surface area contributed by atoms with Crippen molar-refractivity contribution in [3.8, 4) is 5.75 Å². The highest BCUT2D eigenvalue weighted by atomic mass is 32.2. The molecular weight excluding hydrogens is 374 g/mol. The second kappa shape index (κ2) is 8.35. The maximum absolute atomic E-state index is 12.4. The van der Waals surface area contributed by atoms with Crippen LogP contribution < -0.4 is 0 Å². The lowest BCUT2D eigenvalue weighted by atomic mass is 10.1. The van der Waals surface area contributed by atoms with Gasteiger partial charge in [0, 0.05) is 0 Å². The van der Waals surface area contributed by atoms with Gasteiger partial charge in [-0.1, -0.05) is 30.0 Å². The molecule has 0 saturated heterocycles. The highest BCUT2D eigenvalue weighted by molar-refractivity contribution is 8.18. The van der Waals surface area contributed by atoms with Crippen LogP contribution in [0.25, 0.3) is 6.08 Å². The van der Waals surface area contributed by atoms with Gasteiger partial charge >= 0.3 is 5.97 Å². The molecule has 0 atom stereocenters. The van der Waals surface area contributed by atoms with Gasteiger partial charge in [0.05, 0.1) is 17.2 Å². The van der Waals surface area contributed by atoms with Crippen LogP contribution >= 0.6 is 11.8 Å². The van der Waals surface area contributed by atoms with Crippen LogP contribution in [-0.2, 0) is 9.53 Å². The van der Waals surface area contributed by atoms with Crippen LogP contribution in [0.1, 0.15) is 23.6 Å². The summed E-state index contributed by atoms with van der Waals surface area (Å²) in [5.74, 6) is -0.556. The molecule has 0 saturated carbocycles. The van der Waals surface area contributed by atoms with Crippen molar-refractivity contribution in [3.63, 3.8) is 0 Å². The number of aryl methyl sites for hydroxylation is 2. The van der Waals surface area contributed by atoms with Crippen molar-refractivity contribution in [2.75, 3.05) is 6.61 Å². The van der Waals surface area contributed by atoms with E-state index in [1.54, 1.807) is 38.1 Å². The first-order valence-corrected chi connectivity index (χ1v) is 9.66. The number of carbonyl (C=O) groups is 1. The summed E-state index contributed by atoms with van der Waals surface area (Å²) in [7, 11) is 0. The summed E-state index contributed by atoms with van der Waals surface area (Å²) < 4.78 is 5.11. The predicted octanol–water partition coefficient (Wildman–Crippen LogP) is 5.20. The number of aliphatic imine (C=N–C) groups is 1. The Bertz CT molecular complexity index is 1020. The van der Waals surface area contributed by atoms with E-state index in [0.717, 1.165) is 16.7 Å².